The number of methoxy groups -OCH3 is 1. The molecule has 0 spiro atoms. The largest absolute Gasteiger partial charge is 0.467 e. The highest BCUT2D eigenvalue weighted by molar-refractivity contribution is 6.08. The molecule has 1 N–H and O–H groups in total. The van der Waals surface area contributed by atoms with Crippen LogP contribution < -0.4 is 4.90 Å². The van der Waals surface area contributed by atoms with E-state index in [4.69, 9.17) is 13.6 Å². The van der Waals surface area contributed by atoms with Gasteiger partial charge in [-0.05, 0) is 68.3 Å². The molecular weight excluding hydrogens is 458 g/mol. The maximum Gasteiger partial charge on any atom is 0.328 e. The standard InChI is InChI=1S/C17H19NO4.C11H8N2O/c1-11-7-5-8-12(2)15(11)18(13(3)17(20)21-4)16(19)14-9-6-10-22-14;1-2-5-9-8(4-1)12-11(13-9)10-6-3-7-14-10/h5-10,13H,1-4H3;1-7H,(H,12,13). The van der Waals surface area contributed by atoms with Crippen LogP contribution in [0, 0.1) is 13.8 Å². The van der Waals surface area contributed by atoms with E-state index in [1.54, 1.807) is 25.3 Å². The summed E-state index contributed by atoms with van der Waals surface area (Å²) < 4.78 is 15.3. The number of amides is 1. The summed E-state index contributed by atoms with van der Waals surface area (Å²) in [5.74, 6) is 0.860. The molecule has 0 fully saturated rings. The number of rotatable bonds is 5. The first-order valence-corrected chi connectivity index (χ1v) is 11.4. The second kappa shape index (κ2) is 10.8. The number of furan rings is 2. The predicted molar refractivity (Wildman–Crippen MR) is 137 cm³/mol. The van der Waals surface area contributed by atoms with Gasteiger partial charge in [0, 0.05) is 0 Å². The van der Waals surface area contributed by atoms with Crippen molar-refractivity contribution in [1.82, 2.24) is 9.97 Å². The number of aryl methyl sites for hydroxylation is 2. The summed E-state index contributed by atoms with van der Waals surface area (Å²) in [4.78, 5) is 33.8. The number of para-hydroxylation sites is 3. The smallest absolute Gasteiger partial charge is 0.328 e. The van der Waals surface area contributed by atoms with Crippen LogP contribution in [-0.4, -0.2) is 35.0 Å². The van der Waals surface area contributed by atoms with E-state index in [-0.39, 0.29) is 11.7 Å². The van der Waals surface area contributed by atoms with E-state index in [1.807, 2.05) is 68.4 Å². The summed E-state index contributed by atoms with van der Waals surface area (Å²) >= 11 is 0. The molecule has 1 unspecified atom stereocenters. The maximum absolute atomic E-state index is 12.8. The van der Waals surface area contributed by atoms with Gasteiger partial charge in [0.2, 0.25) is 0 Å². The molecule has 184 valence electrons. The number of benzene rings is 2. The van der Waals surface area contributed by atoms with Crippen LogP contribution in [-0.2, 0) is 9.53 Å². The summed E-state index contributed by atoms with van der Waals surface area (Å²) in [6, 6.07) is 19.8. The van der Waals surface area contributed by atoms with Gasteiger partial charge in [-0.15, -0.1) is 0 Å². The highest BCUT2D eigenvalue weighted by Crippen LogP contribution is 2.28. The normalized spacial score (nSPS) is 11.4. The number of esters is 1. The number of ether oxygens (including phenoxy) is 1. The highest BCUT2D eigenvalue weighted by atomic mass is 16.5. The number of H-pyrrole nitrogens is 1. The van der Waals surface area contributed by atoms with Crippen molar-refractivity contribution in [1.29, 1.82) is 0 Å². The number of hydrogen-bond donors (Lipinski definition) is 1. The van der Waals surface area contributed by atoms with Crippen molar-refractivity contribution in [3.8, 4) is 11.6 Å². The summed E-state index contributed by atoms with van der Waals surface area (Å²) in [6.07, 6.45) is 3.07. The van der Waals surface area contributed by atoms with Gasteiger partial charge in [0.1, 0.15) is 6.04 Å². The summed E-state index contributed by atoms with van der Waals surface area (Å²) in [6.45, 7) is 5.43. The van der Waals surface area contributed by atoms with Gasteiger partial charge in [-0.2, -0.15) is 0 Å². The predicted octanol–water partition coefficient (Wildman–Crippen LogP) is 5.93. The van der Waals surface area contributed by atoms with Gasteiger partial charge in [-0.1, -0.05) is 30.3 Å². The number of nitrogens with one attached hydrogen (secondary N) is 1. The minimum absolute atomic E-state index is 0.179. The molecule has 5 aromatic rings. The number of anilines is 1. The molecule has 0 radical (unpaired) electrons. The van der Waals surface area contributed by atoms with Crippen molar-refractivity contribution < 1.29 is 23.2 Å². The molecule has 36 heavy (non-hydrogen) atoms. The van der Waals surface area contributed by atoms with Crippen LogP contribution in [0.1, 0.15) is 28.6 Å². The van der Waals surface area contributed by atoms with Crippen molar-refractivity contribution in [2.45, 2.75) is 26.8 Å². The van der Waals surface area contributed by atoms with E-state index in [0.29, 0.717) is 5.69 Å². The number of imidazole rings is 1. The zero-order valence-electron chi connectivity index (χ0n) is 20.5. The van der Waals surface area contributed by atoms with Crippen LogP contribution in [0.5, 0.6) is 0 Å². The molecule has 3 heterocycles. The van der Waals surface area contributed by atoms with Crippen molar-refractivity contribution in [2.24, 2.45) is 0 Å². The molecule has 0 saturated heterocycles. The molecule has 2 aromatic carbocycles. The number of fused-ring (bicyclic) bond motifs is 1. The molecular formula is C28H27N3O5. The Morgan fingerprint density at radius 3 is 2.22 bits per heavy atom. The van der Waals surface area contributed by atoms with Crippen molar-refractivity contribution in [3.05, 3.63) is 96.1 Å². The molecule has 8 heteroatoms. The van der Waals surface area contributed by atoms with Gasteiger partial charge in [0.25, 0.3) is 5.91 Å². The minimum atomic E-state index is -0.762. The van der Waals surface area contributed by atoms with E-state index in [0.717, 1.165) is 33.7 Å². The highest BCUT2D eigenvalue weighted by Gasteiger charge is 2.32. The van der Waals surface area contributed by atoms with Crippen molar-refractivity contribution in [2.75, 3.05) is 12.0 Å². The Balaban J connectivity index is 0.000000185. The number of carbonyl (C=O) groups excluding carboxylic acids is 2. The lowest BCUT2D eigenvalue weighted by Gasteiger charge is -2.29. The second-order valence-corrected chi connectivity index (χ2v) is 8.17. The Morgan fingerprint density at radius 2 is 1.61 bits per heavy atom. The van der Waals surface area contributed by atoms with Gasteiger partial charge in [0.15, 0.2) is 17.3 Å². The summed E-state index contributed by atoms with van der Waals surface area (Å²) in [5, 5.41) is 0. The fourth-order valence-electron chi connectivity index (χ4n) is 3.93. The van der Waals surface area contributed by atoms with Crippen LogP contribution in [0.3, 0.4) is 0 Å². The van der Waals surface area contributed by atoms with Gasteiger partial charge in [-0.3, -0.25) is 9.69 Å². The molecule has 8 nitrogen and oxygen atoms in total. The zero-order chi connectivity index (χ0) is 25.7. The Morgan fingerprint density at radius 1 is 0.917 bits per heavy atom. The van der Waals surface area contributed by atoms with Crippen molar-refractivity contribution >= 4 is 28.6 Å². The van der Waals surface area contributed by atoms with Crippen LogP contribution >= 0.6 is 0 Å². The first-order valence-electron chi connectivity index (χ1n) is 11.4. The molecule has 5 rings (SSSR count). The Bertz CT molecular complexity index is 1400. The van der Waals surface area contributed by atoms with Crippen LogP contribution in [0.2, 0.25) is 0 Å². The number of aromatic amines is 1. The fraction of sp³-hybridized carbons (Fsp3) is 0.179. The number of carbonyl (C=O) groups is 2. The lowest BCUT2D eigenvalue weighted by atomic mass is 10.1. The Labute approximate surface area is 208 Å². The number of aromatic nitrogens is 2. The van der Waals surface area contributed by atoms with E-state index < -0.39 is 12.0 Å². The molecule has 1 amide bonds. The topological polar surface area (TPSA) is 102 Å². The lowest BCUT2D eigenvalue weighted by molar-refractivity contribution is -0.141. The van der Waals surface area contributed by atoms with Gasteiger partial charge < -0.3 is 18.6 Å². The van der Waals surface area contributed by atoms with Crippen molar-refractivity contribution in [3.63, 3.8) is 0 Å². The second-order valence-electron chi connectivity index (χ2n) is 8.17. The molecule has 0 aliphatic carbocycles. The quantitative estimate of drug-likeness (QED) is 0.310. The maximum atomic E-state index is 12.8. The van der Waals surface area contributed by atoms with Gasteiger partial charge in [0.05, 0.1) is 36.4 Å². The van der Waals surface area contributed by atoms with E-state index in [9.17, 15) is 9.59 Å². The monoisotopic (exact) mass is 485 g/mol. The Hall–Kier alpha value is -4.59. The van der Waals surface area contributed by atoms with E-state index in [2.05, 4.69) is 9.97 Å². The van der Waals surface area contributed by atoms with Crippen LogP contribution in [0.15, 0.2) is 88.1 Å². The average molecular weight is 486 g/mol. The molecule has 0 bridgehead atoms. The Kier molecular flexibility index (Phi) is 7.34. The first-order chi connectivity index (χ1) is 17.4. The van der Waals surface area contributed by atoms with E-state index >= 15 is 0 Å². The summed E-state index contributed by atoms with van der Waals surface area (Å²) in [5.41, 5.74) is 4.48. The lowest BCUT2D eigenvalue weighted by Crippen LogP contribution is -2.44. The van der Waals surface area contributed by atoms with Crippen LogP contribution in [0.4, 0.5) is 5.69 Å². The summed E-state index contributed by atoms with van der Waals surface area (Å²) in [7, 11) is 1.30. The molecule has 0 aliphatic rings. The minimum Gasteiger partial charge on any atom is -0.467 e. The third-order valence-electron chi connectivity index (χ3n) is 5.70. The fourth-order valence-corrected chi connectivity index (χ4v) is 3.93. The van der Waals surface area contributed by atoms with Crippen LogP contribution in [0.25, 0.3) is 22.6 Å². The number of nitrogens with zero attached hydrogens (tertiary/aromatic N) is 2. The molecule has 0 aliphatic heterocycles. The zero-order valence-corrected chi connectivity index (χ0v) is 20.5. The average Bonchev–Trinajstić information content (AvgIpc) is 3.67. The number of hydrogen-bond acceptors (Lipinski definition) is 6. The van der Waals surface area contributed by atoms with Gasteiger partial charge in [-0.25, -0.2) is 9.78 Å². The SMILES string of the molecule is COC(=O)C(C)N(C(=O)c1ccco1)c1c(C)cccc1C.c1coc(-c2nc3ccccc3[nH]2)c1. The molecule has 1 atom stereocenters. The first kappa shape index (κ1) is 24.5. The molecule has 0 saturated carbocycles. The third-order valence-corrected chi connectivity index (χ3v) is 5.70. The van der Waals surface area contributed by atoms with Gasteiger partial charge >= 0.3 is 5.97 Å². The third kappa shape index (κ3) is 5.07. The van der Waals surface area contributed by atoms with E-state index in [1.165, 1.54) is 18.3 Å². The molecule has 3 aromatic heterocycles.